The van der Waals surface area contributed by atoms with E-state index in [4.69, 9.17) is 4.74 Å². The molecule has 0 radical (unpaired) electrons. The van der Waals surface area contributed by atoms with Crippen molar-refractivity contribution in [2.45, 2.75) is 13.3 Å². The van der Waals surface area contributed by atoms with E-state index in [1.807, 2.05) is 6.07 Å². The number of carbonyl (C=O) groups excluding carboxylic acids is 3. The first-order valence-electron chi connectivity index (χ1n) is 7.25. The monoisotopic (exact) mass is 311 g/mol. The molecule has 2 rings (SSSR count). The van der Waals surface area contributed by atoms with Crippen molar-refractivity contribution in [1.82, 2.24) is 0 Å². The second kappa shape index (κ2) is 7.89. The van der Waals surface area contributed by atoms with Gasteiger partial charge in [0.2, 0.25) is 5.91 Å². The molecule has 0 unspecified atom stereocenters. The number of anilines is 1. The van der Waals surface area contributed by atoms with E-state index in [1.54, 1.807) is 55.5 Å². The zero-order valence-corrected chi connectivity index (χ0v) is 12.7. The molecule has 0 fully saturated rings. The molecule has 0 aliphatic rings. The Bertz CT molecular complexity index is 693. The summed E-state index contributed by atoms with van der Waals surface area (Å²) in [5, 5.41) is 2.63. The van der Waals surface area contributed by atoms with E-state index >= 15 is 0 Å². The molecule has 0 saturated heterocycles. The number of ether oxygens (including phenoxy) is 1. The molecule has 0 heterocycles. The van der Waals surface area contributed by atoms with Crippen LogP contribution >= 0.6 is 0 Å². The summed E-state index contributed by atoms with van der Waals surface area (Å²) in [7, 11) is 0. The summed E-state index contributed by atoms with van der Waals surface area (Å²) in [6, 6.07) is 15.0. The number of benzene rings is 2. The molecule has 5 nitrogen and oxygen atoms in total. The van der Waals surface area contributed by atoms with Crippen LogP contribution in [0.2, 0.25) is 0 Å². The van der Waals surface area contributed by atoms with Crippen LogP contribution in [0.1, 0.15) is 34.1 Å². The zero-order valence-electron chi connectivity index (χ0n) is 12.7. The van der Waals surface area contributed by atoms with Crippen molar-refractivity contribution in [2.24, 2.45) is 0 Å². The summed E-state index contributed by atoms with van der Waals surface area (Å²) in [6.07, 6.45) is -0.232. The lowest BCUT2D eigenvalue weighted by Gasteiger charge is -2.06. The van der Waals surface area contributed by atoms with E-state index in [2.05, 4.69) is 5.32 Å². The Labute approximate surface area is 134 Å². The van der Waals surface area contributed by atoms with Crippen LogP contribution < -0.4 is 5.32 Å². The lowest BCUT2D eigenvalue weighted by molar-refractivity contribution is -0.115. The van der Waals surface area contributed by atoms with E-state index in [0.29, 0.717) is 23.4 Å². The van der Waals surface area contributed by atoms with E-state index < -0.39 is 11.9 Å². The third kappa shape index (κ3) is 4.78. The summed E-state index contributed by atoms with van der Waals surface area (Å²) in [5.74, 6) is -1.06. The Morgan fingerprint density at radius 2 is 1.57 bits per heavy atom. The highest BCUT2D eigenvalue weighted by atomic mass is 16.5. The molecule has 0 aromatic heterocycles. The molecule has 2 aromatic rings. The number of Topliss-reactive ketones (excluding diaryl/α,β-unsaturated/α-hetero) is 1. The maximum absolute atomic E-state index is 11.9. The third-order valence-electron chi connectivity index (χ3n) is 3.10. The van der Waals surface area contributed by atoms with Gasteiger partial charge in [-0.1, -0.05) is 30.3 Å². The molecule has 1 amide bonds. The summed E-state index contributed by atoms with van der Waals surface area (Å²) >= 11 is 0. The minimum Gasteiger partial charge on any atom is -0.462 e. The molecule has 23 heavy (non-hydrogen) atoms. The fourth-order valence-corrected chi connectivity index (χ4v) is 1.98. The minimum absolute atomic E-state index is 0.232. The van der Waals surface area contributed by atoms with Gasteiger partial charge in [0.05, 0.1) is 18.6 Å². The summed E-state index contributed by atoms with van der Waals surface area (Å²) in [5.41, 5.74) is 1.43. The Hall–Kier alpha value is -2.95. The zero-order chi connectivity index (χ0) is 16.7. The Morgan fingerprint density at radius 1 is 0.913 bits per heavy atom. The quantitative estimate of drug-likeness (QED) is 0.505. The molecule has 0 atom stereocenters. The molecule has 0 bridgehead atoms. The number of esters is 1. The van der Waals surface area contributed by atoms with E-state index in [1.165, 1.54) is 0 Å². The highest BCUT2D eigenvalue weighted by molar-refractivity contribution is 6.11. The molecule has 0 spiro atoms. The van der Waals surface area contributed by atoms with Crippen LogP contribution in [0.15, 0.2) is 54.6 Å². The van der Waals surface area contributed by atoms with Crippen LogP contribution in [-0.4, -0.2) is 24.3 Å². The fraction of sp³-hybridized carbons (Fsp3) is 0.167. The predicted molar refractivity (Wildman–Crippen MR) is 86.4 cm³/mol. The lowest BCUT2D eigenvalue weighted by atomic mass is 10.1. The van der Waals surface area contributed by atoms with Gasteiger partial charge in [-0.2, -0.15) is 0 Å². The van der Waals surface area contributed by atoms with Gasteiger partial charge in [0, 0.05) is 11.3 Å². The van der Waals surface area contributed by atoms with Crippen LogP contribution in [0.3, 0.4) is 0 Å². The largest absolute Gasteiger partial charge is 0.462 e. The molecule has 0 aliphatic carbocycles. The first-order chi connectivity index (χ1) is 11.1. The van der Waals surface area contributed by atoms with Crippen molar-refractivity contribution in [3.8, 4) is 0 Å². The van der Waals surface area contributed by atoms with Gasteiger partial charge < -0.3 is 10.1 Å². The van der Waals surface area contributed by atoms with Crippen molar-refractivity contribution in [1.29, 1.82) is 0 Å². The average Bonchev–Trinajstić information content (AvgIpc) is 2.56. The average molecular weight is 311 g/mol. The summed E-state index contributed by atoms with van der Waals surface area (Å²) in [6.45, 7) is 2.04. The minimum atomic E-state index is -0.412. The maximum atomic E-state index is 11.9. The second-order valence-electron chi connectivity index (χ2n) is 4.81. The highest BCUT2D eigenvalue weighted by Gasteiger charge is 2.12. The summed E-state index contributed by atoms with van der Waals surface area (Å²) < 4.78 is 4.88. The van der Waals surface area contributed by atoms with E-state index in [-0.39, 0.29) is 12.2 Å². The van der Waals surface area contributed by atoms with Gasteiger partial charge in [-0.25, -0.2) is 4.79 Å². The smallest absolute Gasteiger partial charge is 0.338 e. The molecule has 0 aliphatic heterocycles. The second-order valence-corrected chi connectivity index (χ2v) is 4.81. The number of hydrogen-bond acceptors (Lipinski definition) is 4. The maximum Gasteiger partial charge on any atom is 0.338 e. The van der Waals surface area contributed by atoms with E-state index in [0.717, 1.165) is 0 Å². The summed E-state index contributed by atoms with van der Waals surface area (Å²) in [4.78, 5) is 35.4. The van der Waals surface area contributed by atoms with Gasteiger partial charge >= 0.3 is 5.97 Å². The fourth-order valence-electron chi connectivity index (χ4n) is 1.98. The van der Waals surface area contributed by atoms with Gasteiger partial charge in [0.25, 0.3) is 0 Å². The first-order valence-corrected chi connectivity index (χ1v) is 7.25. The van der Waals surface area contributed by atoms with Crippen LogP contribution in [0.4, 0.5) is 5.69 Å². The third-order valence-corrected chi connectivity index (χ3v) is 3.10. The van der Waals surface area contributed by atoms with Crippen LogP contribution in [0.25, 0.3) is 0 Å². The van der Waals surface area contributed by atoms with Gasteiger partial charge in [-0.15, -0.1) is 0 Å². The first kappa shape index (κ1) is 16.4. The molecular weight excluding hydrogens is 294 g/mol. The molecule has 1 N–H and O–H groups in total. The molecule has 5 heteroatoms. The lowest BCUT2D eigenvalue weighted by Crippen LogP contribution is -2.16. The number of carbonyl (C=O) groups is 3. The Morgan fingerprint density at radius 3 is 2.17 bits per heavy atom. The van der Waals surface area contributed by atoms with Gasteiger partial charge in [-0.3, -0.25) is 9.59 Å². The number of nitrogens with one attached hydrogen (secondary N) is 1. The number of ketones is 1. The topological polar surface area (TPSA) is 72.5 Å². The van der Waals surface area contributed by atoms with Gasteiger partial charge in [0.15, 0.2) is 5.78 Å². The van der Waals surface area contributed by atoms with Crippen LogP contribution in [0.5, 0.6) is 0 Å². The van der Waals surface area contributed by atoms with Crippen LogP contribution in [-0.2, 0) is 9.53 Å². The van der Waals surface area contributed by atoms with Crippen LogP contribution in [0, 0.1) is 0 Å². The normalized spacial score (nSPS) is 9.96. The highest BCUT2D eigenvalue weighted by Crippen LogP contribution is 2.12. The predicted octanol–water partition coefficient (Wildman–Crippen LogP) is 3.07. The molecule has 2 aromatic carbocycles. The molecule has 0 saturated carbocycles. The van der Waals surface area contributed by atoms with Crippen molar-refractivity contribution in [3.63, 3.8) is 0 Å². The van der Waals surface area contributed by atoms with E-state index in [9.17, 15) is 14.4 Å². The SMILES string of the molecule is CCOC(=O)c1ccc(NC(=O)CC(=O)c2ccccc2)cc1. The number of amides is 1. The van der Waals surface area contributed by atoms with Gasteiger partial charge in [0.1, 0.15) is 0 Å². The molecule has 118 valence electrons. The van der Waals surface area contributed by atoms with Crippen molar-refractivity contribution in [3.05, 3.63) is 65.7 Å². The Kier molecular flexibility index (Phi) is 5.63. The van der Waals surface area contributed by atoms with Crippen molar-refractivity contribution >= 4 is 23.3 Å². The Balaban J connectivity index is 1.93. The number of rotatable bonds is 6. The van der Waals surface area contributed by atoms with Crippen molar-refractivity contribution in [2.75, 3.05) is 11.9 Å². The number of hydrogen-bond donors (Lipinski definition) is 1. The molecular formula is C18H17NO4. The van der Waals surface area contributed by atoms with Gasteiger partial charge in [-0.05, 0) is 31.2 Å². The standard InChI is InChI=1S/C18H17NO4/c1-2-23-18(22)14-8-10-15(11-9-14)19-17(21)12-16(20)13-6-4-3-5-7-13/h3-11H,2,12H2,1H3,(H,19,21). The van der Waals surface area contributed by atoms with Crippen molar-refractivity contribution < 1.29 is 19.1 Å².